The predicted octanol–water partition coefficient (Wildman–Crippen LogP) is 1.58. The SMILES string of the molecule is C[n+]1cccc(C(=O)OCCCCCCCCn2ccc3cc([N+](=O)[O-])ccc32)c1.[I-]. The lowest BCUT2D eigenvalue weighted by atomic mass is 10.1. The van der Waals surface area contributed by atoms with Crippen molar-refractivity contribution in [3.8, 4) is 0 Å². The number of nitro benzene ring substituents is 1. The molecule has 2 heterocycles. The lowest BCUT2D eigenvalue weighted by Gasteiger charge is -2.06. The second-order valence-corrected chi connectivity index (χ2v) is 7.52. The number of pyridine rings is 1. The molecule has 7 nitrogen and oxygen atoms in total. The van der Waals surface area contributed by atoms with Gasteiger partial charge in [0.1, 0.15) is 12.6 Å². The Balaban J connectivity index is 0.00000341. The van der Waals surface area contributed by atoms with Gasteiger partial charge in [-0.3, -0.25) is 10.1 Å². The quantitative estimate of drug-likeness (QED) is 0.0930. The minimum Gasteiger partial charge on any atom is -1.00 e. The van der Waals surface area contributed by atoms with E-state index in [2.05, 4.69) is 4.57 Å². The highest BCUT2D eigenvalue weighted by Gasteiger charge is 2.10. The molecule has 1 aromatic carbocycles. The Labute approximate surface area is 199 Å². The van der Waals surface area contributed by atoms with E-state index in [0.717, 1.165) is 56.0 Å². The van der Waals surface area contributed by atoms with Gasteiger partial charge in [0.15, 0.2) is 12.4 Å². The van der Waals surface area contributed by atoms with Crippen molar-refractivity contribution in [3.05, 3.63) is 70.7 Å². The van der Waals surface area contributed by atoms with Gasteiger partial charge >= 0.3 is 5.97 Å². The van der Waals surface area contributed by atoms with Gasteiger partial charge in [-0.2, -0.15) is 0 Å². The number of carbonyl (C=O) groups excluding carboxylic acids is 1. The van der Waals surface area contributed by atoms with Gasteiger partial charge in [0.25, 0.3) is 5.69 Å². The van der Waals surface area contributed by atoms with Crippen molar-refractivity contribution in [2.24, 2.45) is 7.05 Å². The summed E-state index contributed by atoms with van der Waals surface area (Å²) in [5.74, 6) is -0.268. The number of halogens is 1. The Morgan fingerprint density at radius 1 is 1.10 bits per heavy atom. The average molecular weight is 537 g/mol. The molecule has 3 rings (SSSR count). The first kappa shape index (κ1) is 24.8. The van der Waals surface area contributed by atoms with Crippen LogP contribution in [-0.4, -0.2) is 22.1 Å². The molecule has 3 aromatic rings. The number of carbonyl (C=O) groups is 1. The molecule has 2 aromatic heterocycles. The van der Waals surface area contributed by atoms with E-state index >= 15 is 0 Å². The number of aromatic nitrogens is 2. The van der Waals surface area contributed by atoms with E-state index in [1.807, 2.05) is 42.2 Å². The Morgan fingerprint density at radius 2 is 1.84 bits per heavy atom. The van der Waals surface area contributed by atoms with Crippen LogP contribution in [0.15, 0.2) is 55.0 Å². The molecule has 0 saturated carbocycles. The van der Waals surface area contributed by atoms with E-state index in [9.17, 15) is 14.9 Å². The number of non-ortho nitro benzene ring substituents is 1. The van der Waals surface area contributed by atoms with Crippen molar-refractivity contribution in [2.45, 2.75) is 45.1 Å². The van der Waals surface area contributed by atoms with Gasteiger partial charge in [0.2, 0.25) is 0 Å². The predicted molar refractivity (Wildman–Crippen MR) is 114 cm³/mol. The molecule has 0 saturated heterocycles. The number of benzene rings is 1. The standard InChI is InChI=1S/C23H28N3O4.HI/c1-24-13-8-9-20(18-24)23(27)30-16-7-5-3-2-4-6-14-25-15-12-19-17-21(26(28)29)10-11-22(19)25;/h8-13,15,17-18H,2-7,14,16H2,1H3;1H/q+1;/p-1. The summed E-state index contributed by atoms with van der Waals surface area (Å²) in [5, 5.41) is 11.8. The van der Waals surface area contributed by atoms with E-state index in [4.69, 9.17) is 4.74 Å². The molecule has 0 bridgehead atoms. The summed E-state index contributed by atoms with van der Waals surface area (Å²) in [6.45, 7) is 1.37. The van der Waals surface area contributed by atoms with Gasteiger partial charge in [0.05, 0.1) is 11.5 Å². The van der Waals surface area contributed by atoms with Crippen LogP contribution in [0.25, 0.3) is 10.9 Å². The number of nitro groups is 1. The monoisotopic (exact) mass is 537 g/mol. The zero-order chi connectivity index (χ0) is 21.3. The lowest BCUT2D eigenvalue weighted by molar-refractivity contribution is -0.671. The highest BCUT2D eigenvalue weighted by atomic mass is 127. The molecule has 0 aliphatic heterocycles. The van der Waals surface area contributed by atoms with Crippen molar-refractivity contribution in [1.29, 1.82) is 0 Å². The highest BCUT2D eigenvalue weighted by Crippen LogP contribution is 2.22. The average Bonchev–Trinajstić information content (AvgIpc) is 3.14. The fourth-order valence-corrected chi connectivity index (χ4v) is 3.54. The summed E-state index contributed by atoms with van der Waals surface area (Å²) < 4.78 is 9.31. The molecule has 0 radical (unpaired) electrons. The van der Waals surface area contributed by atoms with E-state index in [0.29, 0.717) is 12.2 Å². The number of unbranched alkanes of at least 4 members (excludes halogenated alkanes) is 5. The van der Waals surface area contributed by atoms with Gasteiger partial charge in [-0.1, -0.05) is 25.7 Å². The summed E-state index contributed by atoms with van der Waals surface area (Å²) in [5.41, 5.74) is 1.74. The van der Waals surface area contributed by atoms with Crippen LogP contribution in [-0.2, 0) is 18.3 Å². The molecule has 0 aliphatic rings. The van der Waals surface area contributed by atoms with E-state index in [1.165, 1.54) is 0 Å². The first-order valence-corrected chi connectivity index (χ1v) is 10.4. The minimum absolute atomic E-state index is 0. The van der Waals surface area contributed by atoms with Crippen LogP contribution in [0.3, 0.4) is 0 Å². The second kappa shape index (κ2) is 12.4. The Hall–Kier alpha value is -2.49. The Morgan fingerprint density at radius 3 is 2.58 bits per heavy atom. The molecule has 31 heavy (non-hydrogen) atoms. The third-order valence-electron chi connectivity index (χ3n) is 5.17. The molecule has 0 N–H and O–H groups in total. The van der Waals surface area contributed by atoms with Gasteiger partial charge in [-0.05, 0) is 31.0 Å². The number of aryl methyl sites for hydroxylation is 2. The number of nitrogens with zero attached hydrogens (tertiary/aromatic N) is 3. The van der Waals surface area contributed by atoms with Gasteiger partial charge in [-0.15, -0.1) is 0 Å². The molecule has 0 spiro atoms. The number of hydrogen-bond acceptors (Lipinski definition) is 4. The molecule has 0 aliphatic carbocycles. The molecule has 0 amide bonds. The van der Waals surface area contributed by atoms with Crippen LogP contribution in [0.1, 0.15) is 48.9 Å². The first-order chi connectivity index (χ1) is 14.5. The van der Waals surface area contributed by atoms with Crippen molar-refractivity contribution in [3.63, 3.8) is 0 Å². The van der Waals surface area contributed by atoms with Gasteiger partial charge in [-0.25, -0.2) is 9.36 Å². The van der Waals surface area contributed by atoms with Gasteiger partial charge in [0, 0.05) is 41.8 Å². The first-order valence-electron chi connectivity index (χ1n) is 10.4. The van der Waals surface area contributed by atoms with Crippen LogP contribution in [0, 0.1) is 10.1 Å². The third kappa shape index (κ3) is 7.30. The molecule has 166 valence electrons. The maximum Gasteiger partial charge on any atom is 0.344 e. The van der Waals surface area contributed by atoms with E-state index < -0.39 is 0 Å². The number of rotatable bonds is 11. The fourth-order valence-electron chi connectivity index (χ4n) is 3.54. The normalized spacial score (nSPS) is 10.6. The fraction of sp³-hybridized carbons (Fsp3) is 0.391. The molecule has 0 unspecified atom stereocenters. The third-order valence-corrected chi connectivity index (χ3v) is 5.17. The van der Waals surface area contributed by atoms with Crippen LogP contribution < -0.4 is 28.5 Å². The largest absolute Gasteiger partial charge is 1.00 e. The lowest BCUT2D eigenvalue weighted by Crippen LogP contribution is -3.00. The molecule has 8 heteroatoms. The van der Waals surface area contributed by atoms with Crippen molar-refractivity contribution in [1.82, 2.24) is 4.57 Å². The maximum absolute atomic E-state index is 12.0. The number of esters is 1. The van der Waals surface area contributed by atoms with Crippen LogP contribution in [0.2, 0.25) is 0 Å². The minimum atomic E-state index is -0.362. The smallest absolute Gasteiger partial charge is 0.344 e. The summed E-state index contributed by atoms with van der Waals surface area (Å²) in [6, 6.07) is 10.5. The maximum atomic E-state index is 12.0. The summed E-state index contributed by atoms with van der Waals surface area (Å²) >= 11 is 0. The van der Waals surface area contributed by atoms with Crippen LogP contribution in [0.5, 0.6) is 0 Å². The Kier molecular flexibility index (Phi) is 9.90. The topological polar surface area (TPSA) is 78.2 Å². The highest BCUT2D eigenvalue weighted by molar-refractivity contribution is 5.88. The number of hydrogen-bond donors (Lipinski definition) is 0. The second-order valence-electron chi connectivity index (χ2n) is 7.52. The van der Waals surface area contributed by atoms with Crippen molar-refractivity contribution < 1.29 is 43.0 Å². The number of ether oxygens (including phenoxy) is 1. The zero-order valence-corrected chi connectivity index (χ0v) is 19.9. The zero-order valence-electron chi connectivity index (χ0n) is 17.7. The molecule has 0 atom stereocenters. The summed E-state index contributed by atoms with van der Waals surface area (Å²) in [4.78, 5) is 22.5. The van der Waals surface area contributed by atoms with Crippen molar-refractivity contribution in [2.75, 3.05) is 6.61 Å². The van der Waals surface area contributed by atoms with E-state index in [-0.39, 0.29) is 40.6 Å². The van der Waals surface area contributed by atoms with Crippen LogP contribution >= 0.6 is 0 Å². The van der Waals surface area contributed by atoms with E-state index in [1.54, 1.807) is 24.4 Å². The van der Waals surface area contributed by atoms with Gasteiger partial charge < -0.3 is 33.3 Å². The summed E-state index contributed by atoms with van der Waals surface area (Å²) in [6.07, 6.45) is 12.0. The van der Waals surface area contributed by atoms with Crippen LogP contribution in [0.4, 0.5) is 5.69 Å². The summed E-state index contributed by atoms with van der Waals surface area (Å²) in [7, 11) is 1.88. The van der Waals surface area contributed by atoms with Crippen molar-refractivity contribution >= 4 is 22.6 Å². The molecular formula is C23H28IN3O4. The molecule has 0 fully saturated rings. The Bertz CT molecular complexity index is 1020. The number of fused-ring (bicyclic) bond motifs is 1. The molecular weight excluding hydrogens is 509 g/mol.